The molecule has 1 heterocycles. The molecule has 0 N–H and O–H groups in total. The SMILES string of the molecule is [C-]#[N+]CC(=O)N1C(=O)OC[C@H]1Cc1ccccc1. The van der Waals surface area contributed by atoms with Crippen LogP contribution >= 0.6 is 0 Å². The Labute approximate surface area is 105 Å². The maximum Gasteiger partial charge on any atom is 0.417 e. The van der Waals surface area contributed by atoms with Crippen molar-refractivity contribution in [3.05, 3.63) is 47.3 Å². The number of amides is 2. The van der Waals surface area contributed by atoms with Crippen LogP contribution in [0.1, 0.15) is 5.56 Å². The molecule has 0 aliphatic carbocycles. The lowest BCUT2D eigenvalue weighted by molar-refractivity contribution is -0.127. The molecule has 2 rings (SSSR count). The standard InChI is InChI=1S/C13H12N2O3/c1-14-8-12(16)15-11(9-18-13(15)17)7-10-5-3-2-4-6-10/h2-6,11H,7-9H2/t11-/m1/s1. The van der Waals surface area contributed by atoms with E-state index in [4.69, 9.17) is 11.3 Å². The molecule has 1 aliphatic heterocycles. The van der Waals surface area contributed by atoms with Crippen LogP contribution in [0.3, 0.4) is 0 Å². The third kappa shape index (κ3) is 2.48. The number of nitrogens with zero attached hydrogens (tertiary/aromatic N) is 2. The molecule has 18 heavy (non-hydrogen) atoms. The predicted octanol–water partition coefficient (Wildman–Crippen LogP) is 1.50. The van der Waals surface area contributed by atoms with Crippen LogP contribution in [0.5, 0.6) is 0 Å². The number of rotatable bonds is 3. The highest BCUT2D eigenvalue weighted by atomic mass is 16.6. The Hall–Kier alpha value is -2.35. The van der Waals surface area contributed by atoms with Gasteiger partial charge in [0.15, 0.2) is 0 Å². The second-order valence-corrected chi connectivity index (χ2v) is 4.00. The summed E-state index contributed by atoms with van der Waals surface area (Å²) in [7, 11) is 0. The fourth-order valence-electron chi connectivity index (χ4n) is 1.95. The zero-order chi connectivity index (χ0) is 13.0. The molecular formula is C13H12N2O3. The summed E-state index contributed by atoms with van der Waals surface area (Å²) in [6.07, 6.45) is -0.0966. The minimum Gasteiger partial charge on any atom is -0.447 e. The Kier molecular flexibility index (Phi) is 3.58. The molecule has 1 saturated heterocycles. The van der Waals surface area contributed by atoms with Gasteiger partial charge in [0.2, 0.25) is 0 Å². The van der Waals surface area contributed by atoms with Crippen molar-refractivity contribution in [3.8, 4) is 0 Å². The first-order valence-electron chi connectivity index (χ1n) is 5.58. The van der Waals surface area contributed by atoms with E-state index in [-0.39, 0.29) is 19.2 Å². The minimum atomic E-state index is -0.649. The number of carbonyl (C=O) groups is 2. The average Bonchev–Trinajstić information content (AvgIpc) is 2.72. The lowest BCUT2D eigenvalue weighted by atomic mass is 10.1. The first-order valence-corrected chi connectivity index (χ1v) is 5.58. The van der Waals surface area contributed by atoms with Gasteiger partial charge < -0.3 is 9.58 Å². The van der Waals surface area contributed by atoms with Crippen molar-refractivity contribution in [2.45, 2.75) is 12.5 Å². The zero-order valence-electron chi connectivity index (χ0n) is 9.70. The van der Waals surface area contributed by atoms with Crippen molar-refractivity contribution in [1.82, 2.24) is 4.90 Å². The van der Waals surface area contributed by atoms with Gasteiger partial charge in [0.1, 0.15) is 6.61 Å². The third-order valence-electron chi connectivity index (χ3n) is 2.76. The summed E-state index contributed by atoms with van der Waals surface area (Å²) in [4.78, 5) is 27.2. The molecule has 5 nitrogen and oxygen atoms in total. The fraction of sp³-hybridized carbons (Fsp3) is 0.308. The summed E-state index contributed by atoms with van der Waals surface area (Å²) in [6.45, 7) is 6.55. The molecule has 92 valence electrons. The summed E-state index contributed by atoms with van der Waals surface area (Å²) in [5, 5.41) is 0. The van der Waals surface area contributed by atoms with Crippen LogP contribution in [0, 0.1) is 6.57 Å². The second-order valence-electron chi connectivity index (χ2n) is 4.00. The highest BCUT2D eigenvalue weighted by Crippen LogP contribution is 2.17. The van der Waals surface area contributed by atoms with E-state index in [2.05, 4.69) is 4.85 Å². The number of benzene rings is 1. The second kappa shape index (κ2) is 5.32. The molecule has 5 heteroatoms. The first kappa shape index (κ1) is 12.1. The van der Waals surface area contributed by atoms with Crippen molar-refractivity contribution < 1.29 is 14.3 Å². The summed E-state index contributed by atoms with van der Waals surface area (Å²) in [6, 6.07) is 9.26. The van der Waals surface area contributed by atoms with Crippen molar-refractivity contribution >= 4 is 12.0 Å². The molecular weight excluding hydrogens is 232 g/mol. The quantitative estimate of drug-likeness (QED) is 0.757. The predicted molar refractivity (Wildman–Crippen MR) is 63.6 cm³/mol. The molecule has 0 spiro atoms. The number of ether oxygens (including phenoxy) is 1. The Bertz CT molecular complexity index is 493. The third-order valence-corrected chi connectivity index (χ3v) is 2.76. The Morgan fingerprint density at radius 2 is 2.17 bits per heavy atom. The van der Waals surface area contributed by atoms with Crippen molar-refractivity contribution in [2.75, 3.05) is 13.2 Å². The highest BCUT2D eigenvalue weighted by Gasteiger charge is 2.38. The van der Waals surface area contributed by atoms with Gasteiger partial charge in [-0.25, -0.2) is 16.3 Å². The summed E-state index contributed by atoms with van der Waals surface area (Å²) >= 11 is 0. The number of hydrogen-bond acceptors (Lipinski definition) is 3. The maximum atomic E-state index is 11.7. The van der Waals surface area contributed by atoms with Gasteiger partial charge in [-0.2, -0.15) is 0 Å². The molecule has 1 fully saturated rings. The van der Waals surface area contributed by atoms with Crippen LogP contribution in [0.2, 0.25) is 0 Å². The van der Waals surface area contributed by atoms with Crippen molar-refractivity contribution in [2.24, 2.45) is 0 Å². The van der Waals surface area contributed by atoms with Gasteiger partial charge in [-0.3, -0.25) is 4.79 Å². The molecule has 1 aromatic rings. The normalized spacial score (nSPS) is 18.3. The highest BCUT2D eigenvalue weighted by molar-refractivity contribution is 5.95. The minimum absolute atomic E-state index is 0.192. The number of imide groups is 1. The van der Waals surface area contributed by atoms with E-state index in [0.29, 0.717) is 6.42 Å². The van der Waals surface area contributed by atoms with E-state index in [1.807, 2.05) is 30.3 Å². The van der Waals surface area contributed by atoms with Crippen molar-refractivity contribution in [3.63, 3.8) is 0 Å². The van der Waals surface area contributed by atoms with Gasteiger partial charge in [0.05, 0.1) is 6.04 Å². The van der Waals surface area contributed by atoms with Crippen molar-refractivity contribution in [1.29, 1.82) is 0 Å². The van der Waals surface area contributed by atoms with Gasteiger partial charge in [-0.05, 0) is 12.0 Å². The van der Waals surface area contributed by atoms with Gasteiger partial charge in [0.25, 0.3) is 6.54 Å². The largest absolute Gasteiger partial charge is 0.447 e. The zero-order valence-corrected chi connectivity index (χ0v) is 9.70. The van der Waals surface area contributed by atoms with Crippen LogP contribution in [-0.2, 0) is 16.0 Å². The lowest BCUT2D eigenvalue weighted by Gasteiger charge is -2.17. The van der Waals surface area contributed by atoms with E-state index in [1.165, 1.54) is 0 Å². The Morgan fingerprint density at radius 3 is 2.83 bits per heavy atom. The molecule has 0 bridgehead atoms. The molecule has 1 aliphatic rings. The van der Waals surface area contributed by atoms with E-state index in [0.717, 1.165) is 10.5 Å². The van der Waals surface area contributed by atoms with Crippen LogP contribution < -0.4 is 0 Å². The maximum absolute atomic E-state index is 11.7. The molecule has 0 unspecified atom stereocenters. The molecule has 0 aromatic heterocycles. The Balaban J connectivity index is 2.10. The average molecular weight is 244 g/mol. The summed E-state index contributed by atoms with van der Waals surface area (Å²) < 4.78 is 4.88. The molecule has 0 saturated carbocycles. The van der Waals surface area contributed by atoms with E-state index in [9.17, 15) is 9.59 Å². The van der Waals surface area contributed by atoms with Gasteiger partial charge in [-0.1, -0.05) is 30.3 Å². The fourth-order valence-corrected chi connectivity index (χ4v) is 1.95. The summed E-state index contributed by atoms with van der Waals surface area (Å²) in [5.74, 6) is -0.492. The smallest absolute Gasteiger partial charge is 0.417 e. The van der Waals surface area contributed by atoms with Crippen LogP contribution in [-0.4, -0.2) is 36.1 Å². The molecule has 1 atom stereocenters. The summed E-state index contributed by atoms with van der Waals surface area (Å²) in [5.41, 5.74) is 1.03. The number of cyclic esters (lactones) is 1. The van der Waals surface area contributed by atoms with Crippen LogP contribution in [0.15, 0.2) is 30.3 Å². The monoisotopic (exact) mass is 244 g/mol. The van der Waals surface area contributed by atoms with E-state index < -0.39 is 12.0 Å². The lowest BCUT2D eigenvalue weighted by Crippen LogP contribution is -2.41. The number of carbonyl (C=O) groups excluding carboxylic acids is 2. The van der Waals surface area contributed by atoms with Gasteiger partial charge in [0, 0.05) is 0 Å². The first-order chi connectivity index (χ1) is 8.72. The van der Waals surface area contributed by atoms with Crippen LogP contribution in [0.25, 0.3) is 4.85 Å². The molecule has 0 radical (unpaired) electrons. The Morgan fingerprint density at radius 1 is 1.44 bits per heavy atom. The molecule has 1 aromatic carbocycles. The van der Waals surface area contributed by atoms with Gasteiger partial charge >= 0.3 is 12.0 Å². The van der Waals surface area contributed by atoms with Crippen LogP contribution in [0.4, 0.5) is 4.79 Å². The van der Waals surface area contributed by atoms with E-state index >= 15 is 0 Å². The van der Waals surface area contributed by atoms with Gasteiger partial charge in [-0.15, -0.1) is 0 Å². The number of hydrogen-bond donors (Lipinski definition) is 0. The van der Waals surface area contributed by atoms with E-state index in [1.54, 1.807) is 0 Å². The molecule has 2 amide bonds. The topological polar surface area (TPSA) is 51.0 Å².